The lowest BCUT2D eigenvalue weighted by atomic mass is 10.1. The minimum atomic E-state index is -0.824. The highest BCUT2D eigenvalue weighted by Gasteiger charge is 2.21. The maximum atomic E-state index is 11.6. The molecule has 0 saturated carbocycles. The highest BCUT2D eigenvalue weighted by atomic mass is 32.1. The van der Waals surface area contributed by atoms with Gasteiger partial charge in [0.05, 0.1) is 16.3 Å². The Bertz CT molecular complexity index is 1310. The minimum Gasteiger partial charge on any atom is -0.409 e. The predicted octanol–water partition coefficient (Wildman–Crippen LogP) is 4.91. The van der Waals surface area contributed by atoms with Crippen molar-refractivity contribution in [2.24, 2.45) is 5.73 Å². The Balaban J connectivity index is 1.90. The van der Waals surface area contributed by atoms with Gasteiger partial charge in [-0.25, -0.2) is 9.78 Å². The first kappa shape index (κ1) is 15.8. The number of para-hydroxylation sites is 1. The highest BCUT2D eigenvalue weighted by molar-refractivity contribution is 7.16. The molecule has 0 spiro atoms. The number of thiophene rings is 1. The van der Waals surface area contributed by atoms with Gasteiger partial charge in [0.2, 0.25) is 0 Å². The fraction of sp³-hybridized carbons (Fsp3) is 0.0476. The summed E-state index contributed by atoms with van der Waals surface area (Å²) < 4.78 is 7.62. The number of fused-ring (bicyclic) bond motifs is 4. The molecular weight excluding hydrogens is 358 g/mol. The molecule has 0 unspecified atom stereocenters. The van der Waals surface area contributed by atoms with E-state index in [2.05, 4.69) is 22.8 Å². The molecule has 0 aliphatic rings. The van der Waals surface area contributed by atoms with E-state index in [-0.39, 0.29) is 0 Å². The number of primary amides is 1. The van der Waals surface area contributed by atoms with Gasteiger partial charge in [0.1, 0.15) is 10.5 Å². The summed E-state index contributed by atoms with van der Waals surface area (Å²) in [5.74, 6) is 0.478. The predicted molar refractivity (Wildman–Crippen MR) is 108 cm³/mol. The number of aromatic nitrogens is 2. The zero-order chi connectivity index (χ0) is 18.4. The smallest absolute Gasteiger partial charge is 0.409 e. The molecule has 0 aliphatic carbocycles. The van der Waals surface area contributed by atoms with Crippen LogP contribution < -0.4 is 10.5 Å². The summed E-state index contributed by atoms with van der Waals surface area (Å²) in [6.45, 7) is 0.671. The summed E-state index contributed by atoms with van der Waals surface area (Å²) in [4.78, 5) is 17.3. The third-order valence-electron chi connectivity index (χ3n) is 4.65. The van der Waals surface area contributed by atoms with E-state index in [9.17, 15) is 4.79 Å². The van der Waals surface area contributed by atoms with E-state index in [1.807, 2.05) is 47.8 Å². The molecule has 5 aromatic rings. The van der Waals surface area contributed by atoms with Crippen LogP contribution in [0.5, 0.6) is 5.75 Å². The lowest BCUT2D eigenvalue weighted by molar-refractivity contribution is 0.212. The van der Waals surface area contributed by atoms with Crippen LogP contribution in [0.1, 0.15) is 5.56 Å². The Morgan fingerprint density at radius 3 is 2.63 bits per heavy atom. The Morgan fingerprint density at radius 2 is 1.81 bits per heavy atom. The Kier molecular flexibility index (Phi) is 3.58. The van der Waals surface area contributed by atoms with Crippen LogP contribution in [0.2, 0.25) is 0 Å². The van der Waals surface area contributed by atoms with Crippen LogP contribution >= 0.6 is 11.3 Å². The van der Waals surface area contributed by atoms with Crippen LogP contribution in [-0.4, -0.2) is 15.6 Å². The highest BCUT2D eigenvalue weighted by Crippen LogP contribution is 2.41. The average Bonchev–Trinajstić information content (AvgIpc) is 3.26. The number of nitrogens with two attached hydrogens (primary N) is 1. The van der Waals surface area contributed by atoms with Gasteiger partial charge < -0.3 is 15.0 Å². The van der Waals surface area contributed by atoms with Crippen LogP contribution in [0, 0.1) is 0 Å². The van der Waals surface area contributed by atoms with Crippen LogP contribution in [0.25, 0.3) is 32.2 Å². The average molecular weight is 373 g/mol. The summed E-state index contributed by atoms with van der Waals surface area (Å²) in [5.41, 5.74) is 8.36. The lowest BCUT2D eigenvalue weighted by Gasteiger charge is -2.08. The van der Waals surface area contributed by atoms with Crippen molar-refractivity contribution in [2.75, 3.05) is 0 Å². The largest absolute Gasteiger partial charge is 0.410 e. The summed E-state index contributed by atoms with van der Waals surface area (Å²) in [6.07, 6.45) is -0.824. The summed E-state index contributed by atoms with van der Waals surface area (Å²) in [7, 11) is 0. The zero-order valence-corrected chi connectivity index (χ0v) is 15.1. The molecule has 6 heteroatoms. The first-order valence-electron chi connectivity index (χ1n) is 8.52. The van der Waals surface area contributed by atoms with E-state index < -0.39 is 6.09 Å². The van der Waals surface area contributed by atoms with Gasteiger partial charge in [0, 0.05) is 11.9 Å². The zero-order valence-electron chi connectivity index (χ0n) is 14.3. The molecule has 0 saturated heterocycles. The van der Waals surface area contributed by atoms with Crippen molar-refractivity contribution >= 4 is 49.6 Å². The van der Waals surface area contributed by atoms with Gasteiger partial charge in [-0.3, -0.25) is 0 Å². The number of amides is 1. The third-order valence-corrected chi connectivity index (χ3v) is 5.46. The number of hydrogen-bond acceptors (Lipinski definition) is 4. The molecule has 3 heterocycles. The second-order valence-corrected chi connectivity index (χ2v) is 7.18. The number of carbonyl (C=O) groups is 1. The molecule has 0 aliphatic heterocycles. The second-order valence-electron chi connectivity index (χ2n) is 6.29. The summed E-state index contributed by atoms with van der Waals surface area (Å²) in [5, 5.41) is 4.54. The van der Waals surface area contributed by atoms with E-state index in [1.165, 1.54) is 16.9 Å². The van der Waals surface area contributed by atoms with Crippen molar-refractivity contribution in [1.82, 2.24) is 9.55 Å². The third kappa shape index (κ3) is 2.53. The van der Waals surface area contributed by atoms with Crippen molar-refractivity contribution < 1.29 is 9.53 Å². The van der Waals surface area contributed by atoms with Crippen LogP contribution in [0.3, 0.4) is 0 Å². The monoisotopic (exact) mass is 373 g/mol. The molecule has 2 N–H and O–H groups in total. The van der Waals surface area contributed by atoms with Crippen molar-refractivity contribution in [3.63, 3.8) is 0 Å². The van der Waals surface area contributed by atoms with Gasteiger partial charge in [0.25, 0.3) is 0 Å². The van der Waals surface area contributed by atoms with Gasteiger partial charge in [0.15, 0.2) is 5.75 Å². The van der Waals surface area contributed by atoms with Crippen LogP contribution in [0.4, 0.5) is 4.79 Å². The van der Waals surface area contributed by atoms with Crippen LogP contribution in [-0.2, 0) is 6.54 Å². The molecule has 5 rings (SSSR count). The molecule has 0 bridgehead atoms. The molecule has 2 aromatic carbocycles. The van der Waals surface area contributed by atoms with Crippen molar-refractivity contribution in [3.8, 4) is 5.75 Å². The fourth-order valence-electron chi connectivity index (χ4n) is 3.55. The number of hydrogen-bond donors (Lipinski definition) is 1. The van der Waals surface area contributed by atoms with Gasteiger partial charge in [-0.2, -0.15) is 0 Å². The van der Waals surface area contributed by atoms with E-state index in [1.54, 1.807) is 0 Å². The van der Waals surface area contributed by atoms with Gasteiger partial charge >= 0.3 is 6.09 Å². The van der Waals surface area contributed by atoms with E-state index in [0.717, 1.165) is 32.2 Å². The van der Waals surface area contributed by atoms with E-state index >= 15 is 0 Å². The molecular formula is C21H15N3O2S. The summed E-state index contributed by atoms with van der Waals surface area (Å²) >= 11 is 1.51. The molecule has 5 nitrogen and oxygen atoms in total. The van der Waals surface area contributed by atoms with Gasteiger partial charge in [-0.05, 0) is 23.1 Å². The lowest BCUT2D eigenvalue weighted by Crippen LogP contribution is -2.16. The molecule has 1 amide bonds. The Morgan fingerprint density at radius 1 is 1.04 bits per heavy atom. The number of ether oxygens (including phenoxy) is 1. The van der Waals surface area contributed by atoms with Crippen LogP contribution in [0.15, 0.2) is 66.0 Å². The minimum absolute atomic E-state index is 0.478. The molecule has 0 radical (unpaired) electrons. The standard InChI is InChI=1S/C21H15N3O2S/c22-21(25)26-18-15-10-11-27-20(15)23-19-17(18)14-8-4-5-9-16(14)24(19)12-13-6-2-1-3-7-13/h1-11H,12H2,(H2,22,25). The molecule has 132 valence electrons. The first-order valence-corrected chi connectivity index (χ1v) is 9.39. The number of nitrogens with zero attached hydrogens (tertiary/aromatic N) is 2. The van der Waals surface area contributed by atoms with Crippen molar-refractivity contribution in [2.45, 2.75) is 6.54 Å². The number of pyridine rings is 1. The first-order chi connectivity index (χ1) is 13.2. The fourth-order valence-corrected chi connectivity index (χ4v) is 4.31. The number of carbonyl (C=O) groups excluding carboxylic acids is 1. The number of rotatable bonds is 3. The topological polar surface area (TPSA) is 70.1 Å². The molecule has 27 heavy (non-hydrogen) atoms. The van der Waals surface area contributed by atoms with Gasteiger partial charge in [-0.1, -0.05) is 48.5 Å². The maximum Gasteiger partial charge on any atom is 0.410 e. The van der Waals surface area contributed by atoms with Crippen molar-refractivity contribution in [3.05, 3.63) is 71.6 Å². The SMILES string of the molecule is NC(=O)Oc1c2ccsc2nc2c1c1ccccc1n2Cc1ccccc1. The maximum absolute atomic E-state index is 11.6. The summed E-state index contributed by atoms with van der Waals surface area (Å²) in [6, 6.07) is 20.2. The Hall–Kier alpha value is -3.38. The quantitative estimate of drug-likeness (QED) is 0.488. The second kappa shape index (κ2) is 6.10. The molecule has 0 atom stereocenters. The molecule has 0 fully saturated rings. The Labute approximate surface area is 158 Å². The number of benzene rings is 2. The van der Waals surface area contributed by atoms with Crippen molar-refractivity contribution in [1.29, 1.82) is 0 Å². The van der Waals surface area contributed by atoms with Gasteiger partial charge in [-0.15, -0.1) is 11.3 Å². The normalized spacial score (nSPS) is 11.4. The molecule has 3 aromatic heterocycles. The van der Waals surface area contributed by atoms with E-state index in [0.29, 0.717) is 12.3 Å². The van der Waals surface area contributed by atoms with E-state index in [4.69, 9.17) is 15.5 Å².